The van der Waals surface area contributed by atoms with E-state index in [1.54, 1.807) is 7.05 Å². The summed E-state index contributed by atoms with van der Waals surface area (Å²) in [5, 5.41) is 6.67. The third-order valence-electron chi connectivity index (χ3n) is 4.58. The summed E-state index contributed by atoms with van der Waals surface area (Å²) in [6.45, 7) is 5.51. The Balaban J connectivity index is 0.00000338. The van der Waals surface area contributed by atoms with Crippen LogP contribution in [0.1, 0.15) is 25.3 Å². The van der Waals surface area contributed by atoms with E-state index in [0.717, 1.165) is 38.4 Å². The number of aliphatic imine (C=N–C) groups is 1. The number of benzene rings is 1. The molecule has 1 aliphatic heterocycles. The average Bonchev–Trinajstić information content (AvgIpc) is 2.66. The molecule has 1 aromatic rings. The highest BCUT2D eigenvalue weighted by Gasteiger charge is 2.20. The van der Waals surface area contributed by atoms with E-state index in [9.17, 15) is 4.79 Å². The van der Waals surface area contributed by atoms with Crippen molar-refractivity contribution in [1.29, 1.82) is 0 Å². The number of guanidine groups is 1. The van der Waals surface area contributed by atoms with E-state index in [1.165, 1.54) is 12.7 Å². The zero-order chi connectivity index (χ0) is 18.1. The molecule has 2 N–H and O–H groups in total. The number of methoxy groups -OCH3 is 1. The first-order valence-electron chi connectivity index (χ1n) is 8.93. The van der Waals surface area contributed by atoms with Gasteiger partial charge in [-0.3, -0.25) is 14.7 Å². The van der Waals surface area contributed by atoms with Crippen LogP contribution in [0.5, 0.6) is 0 Å². The van der Waals surface area contributed by atoms with Gasteiger partial charge in [-0.25, -0.2) is 0 Å². The van der Waals surface area contributed by atoms with Crippen LogP contribution in [0.3, 0.4) is 0 Å². The van der Waals surface area contributed by atoms with Crippen LogP contribution in [0.2, 0.25) is 0 Å². The second-order valence-corrected chi connectivity index (χ2v) is 6.56. The van der Waals surface area contributed by atoms with E-state index >= 15 is 0 Å². The maximum absolute atomic E-state index is 11.5. The molecule has 1 unspecified atom stereocenters. The van der Waals surface area contributed by atoms with Gasteiger partial charge in [0.25, 0.3) is 0 Å². The molecule has 0 aliphatic carbocycles. The molecule has 0 radical (unpaired) electrons. The number of nitrogens with zero attached hydrogens (tertiary/aromatic N) is 2. The second-order valence-electron chi connectivity index (χ2n) is 6.56. The van der Waals surface area contributed by atoms with Crippen molar-refractivity contribution in [1.82, 2.24) is 15.5 Å². The van der Waals surface area contributed by atoms with Gasteiger partial charge in [0.15, 0.2) is 5.96 Å². The van der Waals surface area contributed by atoms with Crippen molar-refractivity contribution < 1.29 is 9.53 Å². The van der Waals surface area contributed by atoms with Gasteiger partial charge in [-0.05, 0) is 18.4 Å². The zero-order valence-corrected chi connectivity index (χ0v) is 18.2. The molecule has 2 rings (SSSR count). The van der Waals surface area contributed by atoms with E-state index in [-0.39, 0.29) is 35.9 Å². The van der Waals surface area contributed by atoms with E-state index in [1.807, 2.05) is 6.92 Å². The molecule has 0 aromatic heterocycles. The number of rotatable bonds is 6. The molecular formula is C19H31IN4O2. The van der Waals surface area contributed by atoms with Crippen molar-refractivity contribution in [2.24, 2.45) is 10.9 Å². The average molecular weight is 474 g/mol. The van der Waals surface area contributed by atoms with Crippen LogP contribution in [0.25, 0.3) is 0 Å². The van der Waals surface area contributed by atoms with Gasteiger partial charge in [0, 0.05) is 39.3 Å². The highest BCUT2D eigenvalue weighted by atomic mass is 127. The van der Waals surface area contributed by atoms with Crippen LogP contribution in [-0.2, 0) is 16.1 Å². The van der Waals surface area contributed by atoms with Crippen molar-refractivity contribution >= 4 is 35.9 Å². The Morgan fingerprint density at radius 3 is 2.54 bits per heavy atom. The predicted octanol–water partition coefficient (Wildman–Crippen LogP) is 2.24. The number of ether oxygens (including phenoxy) is 1. The summed E-state index contributed by atoms with van der Waals surface area (Å²) in [6, 6.07) is 11.0. The van der Waals surface area contributed by atoms with Gasteiger partial charge < -0.3 is 15.4 Å². The van der Waals surface area contributed by atoms with Crippen molar-refractivity contribution in [2.75, 3.05) is 33.8 Å². The summed E-state index contributed by atoms with van der Waals surface area (Å²) < 4.78 is 4.74. The maximum atomic E-state index is 11.5. The molecule has 1 aromatic carbocycles. The number of halogens is 1. The lowest BCUT2D eigenvalue weighted by Gasteiger charge is -2.33. The molecule has 0 spiro atoms. The van der Waals surface area contributed by atoms with Crippen molar-refractivity contribution in [3.05, 3.63) is 35.9 Å². The Hall–Kier alpha value is -1.35. The summed E-state index contributed by atoms with van der Waals surface area (Å²) in [6.07, 6.45) is 2.17. The fourth-order valence-electron chi connectivity index (χ4n) is 3.00. The van der Waals surface area contributed by atoms with Gasteiger partial charge in [0.05, 0.1) is 13.0 Å². The van der Waals surface area contributed by atoms with Crippen LogP contribution in [0.4, 0.5) is 0 Å². The third kappa shape index (κ3) is 7.49. The molecule has 0 amide bonds. The molecule has 146 valence electrons. The van der Waals surface area contributed by atoms with Crippen LogP contribution < -0.4 is 10.6 Å². The molecule has 6 nitrogen and oxygen atoms in total. The summed E-state index contributed by atoms with van der Waals surface area (Å²) in [5.74, 6) is 0.339. The number of hydrogen-bond acceptors (Lipinski definition) is 4. The normalized spacial score (nSPS) is 17.1. The Morgan fingerprint density at radius 1 is 1.31 bits per heavy atom. The Labute approximate surface area is 173 Å². The maximum Gasteiger partial charge on any atom is 0.310 e. The van der Waals surface area contributed by atoms with E-state index < -0.39 is 0 Å². The standard InChI is InChI=1S/C19H30N4O2.HI/c1-15(18(24)25-3)13-21-19(20-2)22-17-9-11-23(12-10-17)14-16-7-5-4-6-8-16;/h4-8,15,17H,9-14H2,1-3H3,(H2,20,21,22);1H. The van der Waals surface area contributed by atoms with Crippen LogP contribution in [0, 0.1) is 5.92 Å². The van der Waals surface area contributed by atoms with Crippen LogP contribution in [-0.4, -0.2) is 56.7 Å². The minimum absolute atomic E-state index is 0. The second kappa shape index (κ2) is 12.1. The van der Waals surface area contributed by atoms with Crippen molar-refractivity contribution in [2.45, 2.75) is 32.4 Å². The lowest BCUT2D eigenvalue weighted by atomic mass is 10.0. The molecule has 1 heterocycles. The number of carbonyl (C=O) groups is 1. The van der Waals surface area contributed by atoms with Gasteiger partial charge in [0.1, 0.15) is 0 Å². The van der Waals surface area contributed by atoms with Gasteiger partial charge >= 0.3 is 5.97 Å². The van der Waals surface area contributed by atoms with Gasteiger partial charge in [-0.15, -0.1) is 24.0 Å². The molecule has 1 fully saturated rings. The predicted molar refractivity (Wildman–Crippen MR) is 116 cm³/mol. The Morgan fingerprint density at radius 2 is 1.96 bits per heavy atom. The first kappa shape index (κ1) is 22.7. The monoisotopic (exact) mass is 474 g/mol. The molecule has 0 bridgehead atoms. The zero-order valence-electron chi connectivity index (χ0n) is 15.9. The highest BCUT2D eigenvalue weighted by Crippen LogP contribution is 2.13. The fourth-order valence-corrected chi connectivity index (χ4v) is 3.00. The van der Waals surface area contributed by atoms with Crippen LogP contribution in [0.15, 0.2) is 35.3 Å². The number of carbonyl (C=O) groups excluding carboxylic acids is 1. The fraction of sp³-hybridized carbons (Fsp3) is 0.579. The number of piperidine rings is 1. The number of esters is 1. The molecule has 1 aliphatic rings. The van der Waals surface area contributed by atoms with Gasteiger partial charge in [0.2, 0.25) is 0 Å². The minimum atomic E-state index is -0.211. The van der Waals surface area contributed by atoms with Gasteiger partial charge in [-0.2, -0.15) is 0 Å². The summed E-state index contributed by atoms with van der Waals surface area (Å²) in [7, 11) is 3.16. The smallest absolute Gasteiger partial charge is 0.310 e. The largest absolute Gasteiger partial charge is 0.469 e. The van der Waals surface area contributed by atoms with E-state index in [0.29, 0.717) is 12.6 Å². The lowest BCUT2D eigenvalue weighted by Crippen LogP contribution is -2.49. The minimum Gasteiger partial charge on any atom is -0.469 e. The van der Waals surface area contributed by atoms with Crippen LogP contribution >= 0.6 is 24.0 Å². The number of nitrogens with one attached hydrogen (secondary N) is 2. The Kier molecular flexibility index (Phi) is 10.6. The van der Waals surface area contributed by atoms with E-state index in [4.69, 9.17) is 4.74 Å². The molecule has 7 heteroatoms. The first-order chi connectivity index (χ1) is 12.1. The number of hydrogen-bond donors (Lipinski definition) is 2. The molecule has 26 heavy (non-hydrogen) atoms. The quantitative estimate of drug-likeness (QED) is 0.287. The lowest BCUT2D eigenvalue weighted by molar-refractivity contribution is -0.144. The van der Waals surface area contributed by atoms with Crippen molar-refractivity contribution in [3.63, 3.8) is 0 Å². The summed E-state index contributed by atoms with van der Waals surface area (Å²) >= 11 is 0. The van der Waals surface area contributed by atoms with E-state index in [2.05, 4.69) is 50.9 Å². The topological polar surface area (TPSA) is 66.0 Å². The van der Waals surface area contributed by atoms with Crippen molar-refractivity contribution in [3.8, 4) is 0 Å². The molecule has 0 saturated carbocycles. The summed E-state index contributed by atoms with van der Waals surface area (Å²) in [4.78, 5) is 18.2. The van der Waals surface area contributed by atoms with Gasteiger partial charge in [-0.1, -0.05) is 37.3 Å². The third-order valence-corrected chi connectivity index (χ3v) is 4.58. The molecule has 1 atom stereocenters. The first-order valence-corrected chi connectivity index (χ1v) is 8.93. The molecular weight excluding hydrogens is 443 g/mol. The highest BCUT2D eigenvalue weighted by molar-refractivity contribution is 14.0. The molecule has 1 saturated heterocycles. The Bertz CT molecular complexity index is 560. The SMILES string of the molecule is CN=C(NCC(C)C(=O)OC)NC1CCN(Cc2ccccc2)CC1.I. The number of likely N-dealkylation sites (tertiary alicyclic amines) is 1. The summed E-state index contributed by atoms with van der Waals surface area (Å²) in [5.41, 5.74) is 1.36.